The molecule has 1 aromatic heterocycles. The molecule has 162 valence electrons. The molecule has 0 bridgehead atoms. The van der Waals surface area contributed by atoms with Crippen LogP contribution in [0.5, 0.6) is 0 Å². The van der Waals surface area contributed by atoms with Gasteiger partial charge in [-0.1, -0.05) is 36.8 Å². The maximum atomic E-state index is 12.6. The van der Waals surface area contributed by atoms with Crippen LogP contribution >= 0.6 is 0 Å². The summed E-state index contributed by atoms with van der Waals surface area (Å²) in [5.74, 6) is 0.803. The summed E-state index contributed by atoms with van der Waals surface area (Å²) in [6.45, 7) is 8.29. The van der Waals surface area contributed by atoms with Crippen molar-refractivity contribution in [2.45, 2.75) is 71.4 Å². The zero-order valence-electron chi connectivity index (χ0n) is 18.6. The number of aryl methyl sites for hydroxylation is 1. The molecule has 30 heavy (non-hydrogen) atoms. The zero-order chi connectivity index (χ0) is 20.9. The number of aromatic nitrogens is 2. The third kappa shape index (κ3) is 4.94. The number of carbonyl (C=O) groups excluding carboxylic acids is 1. The van der Waals surface area contributed by atoms with Gasteiger partial charge < -0.3 is 10.2 Å². The lowest BCUT2D eigenvalue weighted by Gasteiger charge is -2.44. The van der Waals surface area contributed by atoms with Crippen molar-refractivity contribution < 1.29 is 4.79 Å². The molecule has 2 saturated heterocycles. The molecule has 3 heterocycles. The SMILES string of the molecule is Cc1nn(Cc2ccccc2)c(C)c1CCC(=O)NC[C@@H]1CCCN2CCCC[C@H]12. The van der Waals surface area contributed by atoms with Gasteiger partial charge in [0.15, 0.2) is 0 Å². The first-order valence-electron chi connectivity index (χ1n) is 11.7. The van der Waals surface area contributed by atoms with Gasteiger partial charge in [0.1, 0.15) is 0 Å². The lowest BCUT2D eigenvalue weighted by Crippen LogP contribution is -2.51. The standard InChI is InChI=1S/C25H36N4O/c1-19-23(20(2)29(27-19)18-21-9-4-3-5-10-21)13-14-25(30)26-17-22-11-8-16-28-15-7-6-12-24(22)28/h3-5,9-10,22,24H,6-8,11-18H2,1-2H3,(H,26,30)/t22-,24+/m0/s1. The molecule has 5 nitrogen and oxygen atoms in total. The second kappa shape index (κ2) is 9.78. The number of benzene rings is 1. The van der Waals surface area contributed by atoms with E-state index in [1.54, 1.807) is 0 Å². The Morgan fingerprint density at radius 1 is 1.10 bits per heavy atom. The summed E-state index contributed by atoms with van der Waals surface area (Å²) in [7, 11) is 0. The molecule has 0 radical (unpaired) electrons. The minimum Gasteiger partial charge on any atom is -0.356 e. The minimum atomic E-state index is 0.178. The van der Waals surface area contributed by atoms with Crippen LogP contribution in [0.4, 0.5) is 0 Å². The predicted molar refractivity (Wildman–Crippen MR) is 121 cm³/mol. The van der Waals surface area contributed by atoms with E-state index < -0.39 is 0 Å². The van der Waals surface area contributed by atoms with Gasteiger partial charge in [0.05, 0.1) is 12.2 Å². The molecule has 1 N–H and O–H groups in total. The maximum Gasteiger partial charge on any atom is 0.220 e. The first kappa shape index (κ1) is 21.1. The summed E-state index contributed by atoms with van der Waals surface area (Å²) in [6, 6.07) is 11.1. The minimum absolute atomic E-state index is 0.178. The fraction of sp³-hybridized carbons (Fsp3) is 0.600. The Kier molecular flexibility index (Phi) is 6.88. The van der Waals surface area contributed by atoms with Gasteiger partial charge in [0.2, 0.25) is 5.91 Å². The van der Waals surface area contributed by atoms with E-state index in [9.17, 15) is 4.79 Å². The molecule has 2 aliphatic heterocycles. The van der Waals surface area contributed by atoms with Crippen LogP contribution in [0.3, 0.4) is 0 Å². The maximum absolute atomic E-state index is 12.6. The molecule has 2 aromatic rings. The largest absolute Gasteiger partial charge is 0.356 e. The average molecular weight is 409 g/mol. The second-order valence-electron chi connectivity index (χ2n) is 9.10. The van der Waals surface area contributed by atoms with E-state index in [1.165, 1.54) is 62.0 Å². The fourth-order valence-corrected chi connectivity index (χ4v) is 5.39. The molecule has 2 fully saturated rings. The number of nitrogens with one attached hydrogen (secondary N) is 1. The summed E-state index contributed by atoms with van der Waals surface area (Å²) < 4.78 is 2.07. The van der Waals surface area contributed by atoms with Crippen LogP contribution in [0.25, 0.3) is 0 Å². The van der Waals surface area contributed by atoms with Gasteiger partial charge in [-0.15, -0.1) is 0 Å². The highest BCUT2D eigenvalue weighted by atomic mass is 16.1. The lowest BCUT2D eigenvalue weighted by molar-refractivity contribution is -0.121. The van der Waals surface area contributed by atoms with E-state index in [0.29, 0.717) is 18.4 Å². The van der Waals surface area contributed by atoms with Gasteiger partial charge in [-0.3, -0.25) is 9.48 Å². The molecule has 0 saturated carbocycles. The van der Waals surface area contributed by atoms with Crippen LogP contribution < -0.4 is 5.32 Å². The summed E-state index contributed by atoms with van der Waals surface area (Å²) >= 11 is 0. The smallest absolute Gasteiger partial charge is 0.220 e. The Labute approximate surface area is 180 Å². The number of piperidine rings is 2. The third-order valence-electron chi connectivity index (χ3n) is 7.10. The first-order valence-corrected chi connectivity index (χ1v) is 11.7. The van der Waals surface area contributed by atoms with Crippen molar-refractivity contribution in [3.63, 3.8) is 0 Å². The second-order valence-corrected chi connectivity index (χ2v) is 9.10. The van der Waals surface area contributed by atoms with E-state index in [2.05, 4.69) is 53.0 Å². The van der Waals surface area contributed by atoms with Crippen molar-refractivity contribution in [3.05, 3.63) is 52.8 Å². The Morgan fingerprint density at radius 2 is 1.90 bits per heavy atom. The van der Waals surface area contributed by atoms with Crippen LogP contribution in [0.1, 0.15) is 61.0 Å². The first-order chi connectivity index (χ1) is 14.6. The van der Waals surface area contributed by atoms with Crippen molar-refractivity contribution in [1.82, 2.24) is 20.0 Å². The predicted octanol–water partition coefficient (Wildman–Crippen LogP) is 3.86. The molecule has 0 unspecified atom stereocenters. The van der Waals surface area contributed by atoms with Crippen LogP contribution in [0.2, 0.25) is 0 Å². The molecule has 1 aromatic carbocycles. The number of amides is 1. The molecular formula is C25H36N4O. The Hall–Kier alpha value is -2.14. The summed E-state index contributed by atoms with van der Waals surface area (Å²) in [4.78, 5) is 15.3. The van der Waals surface area contributed by atoms with Gasteiger partial charge in [-0.25, -0.2) is 0 Å². The number of hydrogen-bond acceptors (Lipinski definition) is 3. The monoisotopic (exact) mass is 408 g/mol. The molecule has 4 rings (SSSR count). The van der Waals surface area contributed by atoms with E-state index in [0.717, 1.165) is 25.2 Å². The Balaban J connectivity index is 1.28. The molecule has 2 atom stereocenters. The number of carbonyl (C=O) groups is 1. The highest BCUT2D eigenvalue weighted by Gasteiger charge is 2.32. The normalized spacial score (nSPS) is 21.9. The third-order valence-corrected chi connectivity index (χ3v) is 7.10. The summed E-state index contributed by atoms with van der Waals surface area (Å²) in [6.07, 6.45) is 7.82. The topological polar surface area (TPSA) is 50.2 Å². The summed E-state index contributed by atoms with van der Waals surface area (Å²) in [5.41, 5.74) is 4.68. The number of hydrogen-bond donors (Lipinski definition) is 1. The number of nitrogens with zero attached hydrogens (tertiary/aromatic N) is 3. The van der Waals surface area contributed by atoms with Gasteiger partial charge in [0.25, 0.3) is 0 Å². The molecule has 5 heteroatoms. The van der Waals surface area contributed by atoms with Gasteiger partial charge in [0, 0.05) is 24.7 Å². The van der Waals surface area contributed by atoms with E-state index in [4.69, 9.17) is 5.10 Å². The van der Waals surface area contributed by atoms with E-state index in [-0.39, 0.29) is 5.91 Å². The van der Waals surface area contributed by atoms with Crippen molar-refractivity contribution in [1.29, 1.82) is 0 Å². The fourth-order valence-electron chi connectivity index (χ4n) is 5.39. The molecule has 0 aliphatic carbocycles. The van der Waals surface area contributed by atoms with Gasteiger partial charge in [-0.05, 0) is 76.1 Å². The van der Waals surface area contributed by atoms with Gasteiger partial charge >= 0.3 is 0 Å². The zero-order valence-corrected chi connectivity index (χ0v) is 18.6. The van der Waals surface area contributed by atoms with Crippen molar-refractivity contribution in [3.8, 4) is 0 Å². The molecule has 2 aliphatic rings. The number of rotatable bonds is 7. The van der Waals surface area contributed by atoms with Crippen molar-refractivity contribution in [2.24, 2.45) is 5.92 Å². The van der Waals surface area contributed by atoms with E-state index in [1.807, 2.05) is 6.07 Å². The van der Waals surface area contributed by atoms with Gasteiger partial charge in [-0.2, -0.15) is 5.10 Å². The Bertz CT molecular complexity index is 842. The highest BCUT2D eigenvalue weighted by molar-refractivity contribution is 5.76. The molecular weight excluding hydrogens is 372 g/mol. The highest BCUT2D eigenvalue weighted by Crippen LogP contribution is 2.30. The number of fused-ring (bicyclic) bond motifs is 1. The van der Waals surface area contributed by atoms with Crippen LogP contribution in [-0.4, -0.2) is 46.3 Å². The van der Waals surface area contributed by atoms with Crippen LogP contribution in [0, 0.1) is 19.8 Å². The Morgan fingerprint density at radius 3 is 2.73 bits per heavy atom. The van der Waals surface area contributed by atoms with Crippen molar-refractivity contribution >= 4 is 5.91 Å². The average Bonchev–Trinajstić information content (AvgIpc) is 3.03. The summed E-state index contributed by atoms with van der Waals surface area (Å²) in [5, 5.41) is 7.98. The van der Waals surface area contributed by atoms with Crippen molar-refractivity contribution in [2.75, 3.05) is 19.6 Å². The lowest BCUT2D eigenvalue weighted by atomic mass is 9.83. The molecule has 1 amide bonds. The van der Waals surface area contributed by atoms with Crippen LogP contribution in [0.15, 0.2) is 30.3 Å². The van der Waals surface area contributed by atoms with E-state index >= 15 is 0 Å². The quantitative estimate of drug-likeness (QED) is 0.757. The molecule has 0 spiro atoms. The van der Waals surface area contributed by atoms with Crippen LogP contribution in [-0.2, 0) is 17.8 Å².